The van der Waals surface area contributed by atoms with Crippen LogP contribution in [0.2, 0.25) is 0 Å². The van der Waals surface area contributed by atoms with Crippen LogP contribution in [0, 0.1) is 0 Å². The van der Waals surface area contributed by atoms with Gasteiger partial charge in [0.05, 0.1) is 12.3 Å². The van der Waals surface area contributed by atoms with Crippen molar-refractivity contribution in [1.82, 2.24) is 0 Å². The third-order valence-corrected chi connectivity index (χ3v) is 4.94. The van der Waals surface area contributed by atoms with E-state index in [-0.39, 0.29) is 5.73 Å². The van der Waals surface area contributed by atoms with Crippen LogP contribution in [-0.2, 0) is 4.74 Å². The van der Waals surface area contributed by atoms with Crippen molar-refractivity contribution in [2.45, 2.75) is 51.7 Å². The van der Waals surface area contributed by atoms with E-state index in [1.165, 1.54) is 19.3 Å². The monoisotopic (exact) mass is 268 g/mol. The molecule has 0 heterocycles. The molecule has 0 N–H and O–H groups in total. The highest BCUT2D eigenvalue weighted by atomic mass is 35.7. The maximum absolute atomic E-state index is 5.99. The Kier molecular flexibility index (Phi) is 10.0. The van der Waals surface area contributed by atoms with Crippen LogP contribution in [0.1, 0.15) is 46.0 Å². The van der Waals surface area contributed by atoms with Crippen LogP contribution in [0.25, 0.3) is 0 Å². The summed E-state index contributed by atoms with van der Waals surface area (Å²) in [5.41, 5.74) is 1.11. The summed E-state index contributed by atoms with van der Waals surface area (Å²) in [5.74, 6) is 0. The van der Waals surface area contributed by atoms with E-state index in [0.717, 1.165) is 18.4 Å². The summed E-state index contributed by atoms with van der Waals surface area (Å²) < 4.78 is 5.64. The Hall–Kier alpha value is 0.497. The summed E-state index contributed by atoms with van der Waals surface area (Å²) in [6.45, 7) is 8.54. The van der Waals surface area contributed by atoms with Crippen molar-refractivity contribution in [3.05, 3.63) is 12.2 Å². The van der Waals surface area contributed by atoms with E-state index in [2.05, 4.69) is 13.5 Å². The predicted octanol–water partition coefficient (Wildman–Crippen LogP) is 4.16. The van der Waals surface area contributed by atoms with Crippen molar-refractivity contribution < 1.29 is 4.74 Å². The number of halogens is 2. The van der Waals surface area contributed by atoms with Crippen molar-refractivity contribution in [1.29, 1.82) is 0 Å². The van der Waals surface area contributed by atoms with Gasteiger partial charge in [-0.3, -0.25) is 0 Å². The van der Waals surface area contributed by atoms with Gasteiger partial charge in [-0.15, -0.1) is 22.2 Å². The molecule has 0 saturated carbocycles. The van der Waals surface area contributed by atoms with E-state index in [0.29, 0.717) is 6.61 Å². The zero-order chi connectivity index (χ0) is 11.7. The third-order valence-electron chi connectivity index (χ3n) is 2.17. The van der Waals surface area contributed by atoms with Gasteiger partial charge in [0.15, 0.2) is 0 Å². The number of rotatable bonds is 9. The van der Waals surface area contributed by atoms with Gasteiger partial charge in [-0.25, -0.2) is 0 Å². The Morgan fingerprint density at radius 3 is 2.47 bits per heavy atom. The number of hydrogen-bond acceptors (Lipinski definition) is 1. The summed E-state index contributed by atoms with van der Waals surface area (Å²) in [6.07, 6.45) is 5.94. The van der Waals surface area contributed by atoms with Gasteiger partial charge in [-0.1, -0.05) is 44.8 Å². The first-order chi connectivity index (χ1) is 7.07. The Bertz CT molecular complexity index is 174. The van der Waals surface area contributed by atoms with Crippen molar-refractivity contribution in [3.63, 3.8) is 0 Å². The number of ether oxygens (including phenoxy) is 1. The summed E-state index contributed by atoms with van der Waals surface area (Å²) in [4.78, 5) is 0. The predicted molar refractivity (Wildman–Crippen MR) is 72.2 cm³/mol. The fourth-order valence-electron chi connectivity index (χ4n) is 1.30. The minimum absolute atomic E-state index is 0.0851. The first-order valence-electron chi connectivity index (χ1n) is 5.62. The topological polar surface area (TPSA) is 9.23 Å². The molecule has 0 aromatic rings. The highest BCUT2D eigenvalue weighted by Gasteiger charge is 2.19. The van der Waals surface area contributed by atoms with E-state index in [9.17, 15) is 0 Å². The second kappa shape index (κ2) is 9.70. The Balaban J connectivity index is 3.68. The first-order valence-corrected chi connectivity index (χ1v) is 9.77. The Morgan fingerprint density at radius 1 is 1.33 bits per heavy atom. The zero-order valence-electron chi connectivity index (χ0n) is 9.77. The molecule has 0 aliphatic heterocycles. The van der Waals surface area contributed by atoms with Gasteiger partial charge in [-0.05, 0) is 13.3 Å². The fraction of sp³-hybridized carbons (Fsp3) is 0.818. The maximum Gasteiger partial charge on any atom is 0.264 e. The highest BCUT2D eigenvalue weighted by molar-refractivity contribution is 7.34. The van der Waals surface area contributed by atoms with Crippen LogP contribution in [0.5, 0.6) is 0 Å². The average Bonchev–Trinajstić information content (AvgIpc) is 2.15. The van der Waals surface area contributed by atoms with E-state index in [1.54, 1.807) is 0 Å². The number of hydrogen-bond donors (Lipinski definition) is 0. The Morgan fingerprint density at radius 2 is 2.00 bits per heavy atom. The van der Waals surface area contributed by atoms with E-state index in [1.807, 2.05) is 6.92 Å². The quantitative estimate of drug-likeness (QED) is 0.264. The van der Waals surface area contributed by atoms with Crippen LogP contribution in [0.4, 0.5) is 0 Å². The SMILES string of the molecule is C=C(C)COC(CCCCCC)[SiH](Cl)Cl. The second-order valence-electron chi connectivity index (χ2n) is 3.99. The largest absolute Gasteiger partial charge is 0.375 e. The van der Waals surface area contributed by atoms with Gasteiger partial charge in [0.25, 0.3) is 7.42 Å². The molecule has 0 spiro atoms. The summed E-state index contributed by atoms with van der Waals surface area (Å²) >= 11 is 12.0. The van der Waals surface area contributed by atoms with Crippen molar-refractivity contribution in [3.8, 4) is 0 Å². The normalized spacial score (nSPS) is 13.1. The zero-order valence-corrected chi connectivity index (χ0v) is 12.4. The first kappa shape index (κ1) is 15.5. The third kappa shape index (κ3) is 9.43. The van der Waals surface area contributed by atoms with Crippen LogP contribution >= 0.6 is 22.2 Å². The summed E-state index contributed by atoms with van der Waals surface area (Å²) in [7, 11) is -1.71. The maximum atomic E-state index is 5.99. The van der Waals surface area contributed by atoms with Crippen molar-refractivity contribution >= 4 is 29.6 Å². The highest BCUT2D eigenvalue weighted by Crippen LogP contribution is 2.16. The molecule has 0 aliphatic rings. The summed E-state index contributed by atoms with van der Waals surface area (Å²) in [6, 6.07) is 0. The molecular formula is C11H22Cl2OSi. The minimum atomic E-state index is -1.71. The molecule has 0 aromatic heterocycles. The Labute approximate surface area is 105 Å². The molecule has 0 radical (unpaired) electrons. The second-order valence-corrected chi connectivity index (χ2v) is 8.89. The number of unbranched alkanes of at least 4 members (excludes halogenated alkanes) is 3. The molecule has 0 aliphatic carbocycles. The van der Waals surface area contributed by atoms with Crippen molar-refractivity contribution in [2.75, 3.05) is 6.61 Å². The molecule has 0 aromatic carbocycles. The molecule has 1 atom stereocenters. The molecular weight excluding hydrogens is 247 g/mol. The molecule has 15 heavy (non-hydrogen) atoms. The van der Waals surface area contributed by atoms with Crippen LogP contribution < -0.4 is 0 Å². The molecule has 90 valence electrons. The van der Waals surface area contributed by atoms with Gasteiger partial charge >= 0.3 is 0 Å². The van der Waals surface area contributed by atoms with E-state index in [4.69, 9.17) is 26.9 Å². The molecule has 0 bridgehead atoms. The molecule has 1 nitrogen and oxygen atoms in total. The smallest absolute Gasteiger partial charge is 0.264 e. The van der Waals surface area contributed by atoms with Gasteiger partial charge in [0, 0.05) is 0 Å². The van der Waals surface area contributed by atoms with Gasteiger partial charge in [-0.2, -0.15) is 0 Å². The molecule has 0 amide bonds. The van der Waals surface area contributed by atoms with Gasteiger partial charge < -0.3 is 4.74 Å². The minimum Gasteiger partial charge on any atom is -0.375 e. The lowest BCUT2D eigenvalue weighted by molar-refractivity contribution is 0.117. The molecule has 1 unspecified atom stereocenters. The van der Waals surface area contributed by atoms with Crippen LogP contribution in [-0.4, -0.2) is 19.8 Å². The molecule has 0 fully saturated rings. The standard InChI is InChI=1S/C11H22Cl2OSi/c1-4-5-6-7-8-11(15(12)13)14-9-10(2)3/h11,15H,2,4-9H2,1,3H3. The lowest BCUT2D eigenvalue weighted by Crippen LogP contribution is -2.25. The molecule has 0 rings (SSSR count). The van der Waals surface area contributed by atoms with Gasteiger partial charge in [0.2, 0.25) is 0 Å². The van der Waals surface area contributed by atoms with Gasteiger partial charge in [0.1, 0.15) is 0 Å². The summed E-state index contributed by atoms with van der Waals surface area (Å²) in [5, 5.41) is 0. The fourth-order valence-corrected chi connectivity index (χ4v) is 3.23. The van der Waals surface area contributed by atoms with E-state index < -0.39 is 7.42 Å². The van der Waals surface area contributed by atoms with Crippen LogP contribution in [0.15, 0.2) is 12.2 Å². The molecule has 4 heteroatoms. The van der Waals surface area contributed by atoms with Crippen molar-refractivity contribution in [2.24, 2.45) is 0 Å². The van der Waals surface area contributed by atoms with Crippen LogP contribution in [0.3, 0.4) is 0 Å². The van der Waals surface area contributed by atoms with E-state index >= 15 is 0 Å². The average molecular weight is 269 g/mol. The lowest BCUT2D eigenvalue weighted by atomic mass is 10.2. The lowest BCUT2D eigenvalue weighted by Gasteiger charge is -2.17. The molecule has 0 saturated heterocycles.